The molecule has 1 heterocycles. The normalized spacial score (nSPS) is 13.3. The predicted molar refractivity (Wildman–Crippen MR) is 133 cm³/mol. The van der Waals surface area contributed by atoms with E-state index >= 15 is 0 Å². The molecule has 0 aliphatic carbocycles. The number of nitrogens with one attached hydrogen (secondary N) is 1. The molecule has 0 bridgehead atoms. The van der Waals surface area contributed by atoms with Crippen LogP contribution in [0.15, 0.2) is 84.9 Å². The van der Waals surface area contributed by atoms with Gasteiger partial charge in [0, 0.05) is 50.2 Å². The molecule has 7 nitrogen and oxygen atoms in total. The van der Waals surface area contributed by atoms with E-state index < -0.39 is 0 Å². The first-order chi connectivity index (χ1) is 16.5. The number of likely N-dealkylation sites (N-methyl/N-ethyl adjacent to an activating group) is 1. The highest BCUT2D eigenvalue weighted by Gasteiger charge is 2.24. The van der Waals surface area contributed by atoms with Crippen molar-refractivity contribution in [1.29, 1.82) is 0 Å². The number of nitrogens with zero attached hydrogens (tertiary/aromatic N) is 3. The lowest BCUT2D eigenvalue weighted by molar-refractivity contribution is -0.117. The molecule has 4 amide bonds. The summed E-state index contributed by atoms with van der Waals surface area (Å²) in [7, 11) is 1.76. The summed E-state index contributed by atoms with van der Waals surface area (Å²) in [4.78, 5) is 42.9. The standard InChI is InChI=1S/C27H28N4O3/c1-29(24-10-6-3-7-11-24)25(32)20-21-12-14-23(15-13-21)28-27(34)31-18-16-30(17-19-31)26(33)22-8-4-2-5-9-22/h2-15H,16-20H2,1H3,(H,28,34). The number of anilines is 2. The summed E-state index contributed by atoms with van der Waals surface area (Å²) in [6.07, 6.45) is 0.275. The molecule has 1 N–H and O–H groups in total. The lowest BCUT2D eigenvalue weighted by Crippen LogP contribution is -2.51. The summed E-state index contributed by atoms with van der Waals surface area (Å²) in [5.74, 6) is -0.0189. The molecule has 1 aliphatic rings. The topological polar surface area (TPSA) is 73.0 Å². The van der Waals surface area contributed by atoms with Gasteiger partial charge >= 0.3 is 6.03 Å². The quantitative estimate of drug-likeness (QED) is 0.633. The van der Waals surface area contributed by atoms with Crippen LogP contribution in [0.25, 0.3) is 0 Å². The number of para-hydroxylation sites is 1. The zero-order valence-electron chi connectivity index (χ0n) is 19.2. The average Bonchev–Trinajstić information content (AvgIpc) is 2.90. The highest BCUT2D eigenvalue weighted by molar-refractivity contribution is 5.95. The number of rotatable bonds is 5. The molecule has 7 heteroatoms. The molecule has 3 aromatic rings. The van der Waals surface area contributed by atoms with Gasteiger partial charge in [0.05, 0.1) is 6.42 Å². The number of carbonyl (C=O) groups excluding carboxylic acids is 3. The highest BCUT2D eigenvalue weighted by atomic mass is 16.2. The molecule has 4 rings (SSSR count). The SMILES string of the molecule is CN(C(=O)Cc1ccc(NC(=O)N2CCN(C(=O)c3ccccc3)CC2)cc1)c1ccccc1. The lowest BCUT2D eigenvalue weighted by Gasteiger charge is -2.34. The van der Waals surface area contributed by atoms with Crippen LogP contribution in [0.2, 0.25) is 0 Å². The van der Waals surface area contributed by atoms with Gasteiger partial charge in [0.2, 0.25) is 5.91 Å². The Morgan fingerprint density at radius 3 is 1.94 bits per heavy atom. The van der Waals surface area contributed by atoms with Crippen molar-refractivity contribution in [3.63, 3.8) is 0 Å². The number of hydrogen-bond acceptors (Lipinski definition) is 3. The van der Waals surface area contributed by atoms with Crippen molar-refractivity contribution in [1.82, 2.24) is 9.80 Å². The third-order valence-electron chi connectivity index (χ3n) is 5.95. The summed E-state index contributed by atoms with van der Waals surface area (Å²) < 4.78 is 0. The number of piperazine rings is 1. The second kappa shape index (κ2) is 10.7. The second-order valence-corrected chi connectivity index (χ2v) is 8.24. The van der Waals surface area contributed by atoms with E-state index in [-0.39, 0.29) is 24.3 Å². The van der Waals surface area contributed by atoms with Crippen molar-refractivity contribution in [3.05, 3.63) is 96.1 Å². The van der Waals surface area contributed by atoms with Gasteiger partial charge in [-0.1, -0.05) is 48.5 Å². The van der Waals surface area contributed by atoms with E-state index in [1.165, 1.54) is 0 Å². The van der Waals surface area contributed by atoms with Crippen LogP contribution in [0.4, 0.5) is 16.2 Å². The fraction of sp³-hybridized carbons (Fsp3) is 0.222. The maximum atomic E-state index is 12.7. The Bertz CT molecular complexity index is 1130. The zero-order valence-corrected chi connectivity index (χ0v) is 19.2. The van der Waals surface area contributed by atoms with Crippen LogP contribution in [-0.2, 0) is 11.2 Å². The fourth-order valence-corrected chi connectivity index (χ4v) is 3.87. The van der Waals surface area contributed by atoms with Crippen LogP contribution in [-0.4, -0.2) is 60.9 Å². The predicted octanol–water partition coefficient (Wildman–Crippen LogP) is 3.88. The van der Waals surface area contributed by atoms with Crippen LogP contribution in [0.1, 0.15) is 15.9 Å². The average molecular weight is 457 g/mol. The van der Waals surface area contributed by atoms with E-state index in [0.29, 0.717) is 37.4 Å². The minimum absolute atomic E-state index is 0.00842. The van der Waals surface area contributed by atoms with Gasteiger partial charge in [-0.05, 0) is 42.0 Å². The van der Waals surface area contributed by atoms with Crippen LogP contribution < -0.4 is 10.2 Å². The molecule has 174 valence electrons. The molecule has 0 saturated carbocycles. The summed E-state index contributed by atoms with van der Waals surface area (Å²) in [5.41, 5.74) is 3.05. The molecule has 0 aromatic heterocycles. The van der Waals surface area contributed by atoms with Gasteiger partial charge in [-0.2, -0.15) is 0 Å². The maximum Gasteiger partial charge on any atom is 0.321 e. The third-order valence-corrected chi connectivity index (χ3v) is 5.95. The van der Waals surface area contributed by atoms with Crippen molar-refractivity contribution in [2.24, 2.45) is 0 Å². The van der Waals surface area contributed by atoms with E-state index in [1.54, 1.807) is 46.0 Å². The molecule has 0 radical (unpaired) electrons. The Morgan fingerprint density at radius 2 is 1.32 bits per heavy atom. The number of benzene rings is 3. The largest absolute Gasteiger partial charge is 0.335 e. The Hall–Kier alpha value is -4.13. The molecule has 1 aliphatic heterocycles. The second-order valence-electron chi connectivity index (χ2n) is 8.24. The maximum absolute atomic E-state index is 12.7. The first-order valence-electron chi connectivity index (χ1n) is 11.3. The first-order valence-corrected chi connectivity index (χ1v) is 11.3. The monoisotopic (exact) mass is 456 g/mol. The summed E-state index contributed by atoms with van der Waals surface area (Å²) in [6.45, 7) is 1.94. The molecule has 1 saturated heterocycles. The molecule has 0 spiro atoms. The van der Waals surface area contributed by atoms with Crippen LogP contribution >= 0.6 is 0 Å². The summed E-state index contributed by atoms with van der Waals surface area (Å²) in [6, 6.07) is 25.8. The Labute approximate surface area is 199 Å². The molecule has 1 fully saturated rings. The number of urea groups is 1. The van der Waals surface area contributed by atoms with Crippen molar-refractivity contribution in [2.75, 3.05) is 43.4 Å². The third kappa shape index (κ3) is 5.61. The van der Waals surface area contributed by atoms with Gasteiger partial charge < -0.3 is 20.0 Å². The van der Waals surface area contributed by atoms with Crippen LogP contribution in [0, 0.1) is 0 Å². The Morgan fingerprint density at radius 1 is 0.765 bits per heavy atom. The number of hydrogen-bond donors (Lipinski definition) is 1. The summed E-state index contributed by atoms with van der Waals surface area (Å²) >= 11 is 0. The molecular weight excluding hydrogens is 428 g/mol. The molecule has 0 atom stereocenters. The van der Waals surface area contributed by atoms with E-state index in [9.17, 15) is 14.4 Å². The molecule has 0 unspecified atom stereocenters. The highest BCUT2D eigenvalue weighted by Crippen LogP contribution is 2.16. The minimum Gasteiger partial charge on any atom is -0.335 e. The van der Waals surface area contributed by atoms with Crippen molar-refractivity contribution in [3.8, 4) is 0 Å². The van der Waals surface area contributed by atoms with Crippen molar-refractivity contribution >= 4 is 29.2 Å². The van der Waals surface area contributed by atoms with Gasteiger partial charge in [-0.25, -0.2) is 4.79 Å². The molecule has 3 aromatic carbocycles. The van der Waals surface area contributed by atoms with Crippen molar-refractivity contribution in [2.45, 2.75) is 6.42 Å². The smallest absolute Gasteiger partial charge is 0.321 e. The van der Waals surface area contributed by atoms with Crippen LogP contribution in [0.3, 0.4) is 0 Å². The minimum atomic E-state index is -0.195. The zero-order chi connectivity index (χ0) is 23.9. The summed E-state index contributed by atoms with van der Waals surface area (Å²) in [5, 5.41) is 2.90. The van der Waals surface area contributed by atoms with Gasteiger partial charge in [-0.15, -0.1) is 0 Å². The number of amides is 4. The van der Waals surface area contributed by atoms with Crippen molar-refractivity contribution < 1.29 is 14.4 Å². The first kappa shape index (κ1) is 23.0. The van der Waals surface area contributed by atoms with E-state index in [0.717, 1.165) is 11.3 Å². The van der Waals surface area contributed by atoms with E-state index in [2.05, 4.69) is 5.32 Å². The fourth-order valence-electron chi connectivity index (χ4n) is 3.87. The van der Waals surface area contributed by atoms with Gasteiger partial charge in [-0.3, -0.25) is 9.59 Å². The van der Waals surface area contributed by atoms with Crippen LogP contribution in [0.5, 0.6) is 0 Å². The number of carbonyl (C=O) groups is 3. The molecular formula is C27H28N4O3. The Kier molecular flexibility index (Phi) is 7.22. The van der Waals surface area contributed by atoms with Gasteiger partial charge in [0.25, 0.3) is 5.91 Å². The Balaban J connectivity index is 1.26. The van der Waals surface area contributed by atoms with E-state index in [1.807, 2.05) is 60.7 Å². The van der Waals surface area contributed by atoms with E-state index in [4.69, 9.17) is 0 Å². The lowest BCUT2D eigenvalue weighted by atomic mass is 10.1. The van der Waals surface area contributed by atoms with Gasteiger partial charge in [0.1, 0.15) is 0 Å². The molecule has 34 heavy (non-hydrogen) atoms. The van der Waals surface area contributed by atoms with Gasteiger partial charge in [0.15, 0.2) is 0 Å².